The highest BCUT2D eigenvalue weighted by molar-refractivity contribution is 8.00. The number of aromatic nitrogens is 1. The van der Waals surface area contributed by atoms with E-state index in [1.807, 2.05) is 43.3 Å². The monoisotopic (exact) mass is 451 g/mol. The number of carbonyl (C=O) groups is 1. The van der Waals surface area contributed by atoms with E-state index in [2.05, 4.69) is 4.98 Å². The zero-order valence-electron chi connectivity index (χ0n) is 17.0. The van der Waals surface area contributed by atoms with Crippen LogP contribution in [0, 0.1) is 11.6 Å². The van der Waals surface area contributed by atoms with Crippen LogP contribution in [0.2, 0.25) is 0 Å². The van der Waals surface area contributed by atoms with Gasteiger partial charge in [-0.3, -0.25) is 9.69 Å². The van der Waals surface area contributed by atoms with Crippen LogP contribution in [0.15, 0.2) is 41.3 Å². The minimum Gasteiger partial charge on any atom is -0.497 e. The molecule has 0 saturated heterocycles. The second kappa shape index (κ2) is 10.2. The molecule has 0 aliphatic heterocycles. The summed E-state index contributed by atoms with van der Waals surface area (Å²) in [6.07, 6.45) is 0.735. The number of amides is 1. The lowest BCUT2D eigenvalue weighted by Gasteiger charge is -2.21. The van der Waals surface area contributed by atoms with Crippen LogP contribution in [0.4, 0.5) is 13.9 Å². The number of thioether (sulfide) groups is 1. The Bertz CT molecular complexity index is 1010. The Morgan fingerprint density at radius 3 is 2.57 bits per heavy atom. The Hall–Kier alpha value is -2.23. The third-order valence-electron chi connectivity index (χ3n) is 4.34. The smallest absolute Gasteiger partial charge is 0.239 e. The average molecular weight is 452 g/mol. The molecule has 9 heteroatoms. The molecule has 0 fully saturated rings. The number of nitrogens with zero attached hydrogens (tertiary/aromatic N) is 3. The van der Waals surface area contributed by atoms with Gasteiger partial charge in [-0.2, -0.15) is 0 Å². The minimum absolute atomic E-state index is 0.0876. The Balaban J connectivity index is 1.78. The van der Waals surface area contributed by atoms with E-state index in [1.165, 1.54) is 17.8 Å². The van der Waals surface area contributed by atoms with Crippen molar-refractivity contribution in [3.8, 4) is 5.75 Å². The van der Waals surface area contributed by atoms with Crippen LogP contribution in [0.25, 0.3) is 10.2 Å². The fraction of sp³-hybridized carbons (Fsp3) is 0.333. The number of rotatable bonds is 9. The van der Waals surface area contributed by atoms with Gasteiger partial charge in [0.25, 0.3) is 0 Å². The maximum absolute atomic E-state index is 14.1. The Morgan fingerprint density at radius 2 is 1.90 bits per heavy atom. The van der Waals surface area contributed by atoms with Crippen molar-refractivity contribution in [2.75, 3.05) is 44.9 Å². The van der Waals surface area contributed by atoms with Crippen LogP contribution in [-0.2, 0) is 4.79 Å². The van der Waals surface area contributed by atoms with Crippen molar-refractivity contribution >= 4 is 44.4 Å². The minimum atomic E-state index is -0.721. The predicted octanol–water partition coefficient (Wildman–Crippen LogP) is 4.66. The lowest BCUT2D eigenvalue weighted by Crippen LogP contribution is -2.34. The van der Waals surface area contributed by atoms with Crippen LogP contribution in [-0.4, -0.2) is 55.8 Å². The van der Waals surface area contributed by atoms with Gasteiger partial charge in [0.15, 0.2) is 10.9 Å². The molecule has 3 aromatic rings. The van der Waals surface area contributed by atoms with E-state index in [0.29, 0.717) is 16.4 Å². The summed E-state index contributed by atoms with van der Waals surface area (Å²) >= 11 is 2.53. The molecule has 0 spiro atoms. The summed E-state index contributed by atoms with van der Waals surface area (Å²) < 4.78 is 33.2. The number of benzene rings is 2. The molecule has 3 rings (SSSR count). The van der Waals surface area contributed by atoms with Crippen molar-refractivity contribution in [1.82, 2.24) is 9.88 Å². The van der Waals surface area contributed by atoms with E-state index in [9.17, 15) is 13.6 Å². The SMILES string of the molecule is COc1ccc(SCC(=O)N(CCCN(C)C)c2nc3c(F)cc(F)cc3s2)cc1. The van der Waals surface area contributed by atoms with Crippen LogP contribution in [0.5, 0.6) is 5.75 Å². The van der Waals surface area contributed by atoms with Crippen molar-refractivity contribution in [3.63, 3.8) is 0 Å². The van der Waals surface area contributed by atoms with E-state index in [-0.39, 0.29) is 17.2 Å². The first kappa shape index (κ1) is 22.5. The third kappa shape index (κ3) is 5.68. The average Bonchev–Trinajstić information content (AvgIpc) is 3.13. The highest BCUT2D eigenvalue weighted by atomic mass is 32.2. The number of carbonyl (C=O) groups excluding carboxylic acids is 1. The lowest BCUT2D eigenvalue weighted by atomic mass is 10.3. The number of methoxy groups -OCH3 is 1. The zero-order valence-corrected chi connectivity index (χ0v) is 18.7. The van der Waals surface area contributed by atoms with Gasteiger partial charge < -0.3 is 9.64 Å². The second-order valence-electron chi connectivity index (χ2n) is 6.90. The summed E-state index contributed by atoms with van der Waals surface area (Å²) in [5, 5.41) is 0.383. The summed E-state index contributed by atoms with van der Waals surface area (Å²) in [4.78, 5) is 21.8. The molecule has 160 valence electrons. The van der Waals surface area contributed by atoms with Gasteiger partial charge >= 0.3 is 0 Å². The highest BCUT2D eigenvalue weighted by Gasteiger charge is 2.21. The summed E-state index contributed by atoms with van der Waals surface area (Å²) in [6, 6.07) is 9.52. The van der Waals surface area contributed by atoms with Gasteiger partial charge in [-0.1, -0.05) is 11.3 Å². The van der Waals surface area contributed by atoms with E-state index >= 15 is 0 Å². The van der Waals surface area contributed by atoms with Crippen LogP contribution >= 0.6 is 23.1 Å². The number of thiazole rings is 1. The molecule has 1 aromatic heterocycles. The molecule has 0 aliphatic carbocycles. The van der Waals surface area contributed by atoms with Gasteiger partial charge in [0, 0.05) is 17.5 Å². The van der Waals surface area contributed by atoms with E-state index < -0.39 is 11.6 Å². The molecule has 1 amide bonds. The van der Waals surface area contributed by atoms with E-state index in [1.54, 1.807) is 12.0 Å². The molecule has 1 heterocycles. The molecule has 0 bridgehead atoms. The molecule has 0 saturated carbocycles. The van der Waals surface area contributed by atoms with E-state index in [0.717, 1.165) is 41.0 Å². The molecule has 0 aliphatic rings. The Labute approximate surface area is 182 Å². The molecule has 2 aromatic carbocycles. The normalized spacial score (nSPS) is 11.3. The zero-order chi connectivity index (χ0) is 21.7. The lowest BCUT2D eigenvalue weighted by molar-refractivity contribution is -0.116. The van der Waals surface area contributed by atoms with E-state index in [4.69, 9.17) is 4.74 Å². The Morgan fingerprint density at radius 1 is 1.17 bits per heavy atom. The van der Waals surface area contributed by atoms with Gasteiger partial charge in [-0.25, -0.2) is 13.8 Å². The molecule has 30 heavy (non-hydrogen) atoms. The van der Waals surface area contributed by atoms with Crippen molar-refractivity contribution in [3.05, 3.63) is 48.0 Å². The maximum Gasteiger partial charge on any atom is 0.239 e. The number of ether oxygens (including phenoxy) is 1. The maximum atomic E-state index is 14.1. The largest absolute Gasteiger partial charge is 0.497 e. The summed E-state index contributed by atoms with van der Waals surface area (Å²) in [5.41, 5.74) is 0.0876. The van der Waals surface area contributed by atoms with Gasteiger partial charge in [0.1, 0.15) is 17.1 Å². The van der Waals surface area contributed by atoms with Gasteiger partial charge in [0.05, 0.1) is 17.6 Å². The highest BCUT2D eigenvalue weighted by Crippen LogP contribution is 2.32. The number of anilines is 1. The fourth-order valence-electron chi connectivity index (χ4n) is 2.83. The Kier molecular flexibility index (Phi) is 7.63. The summed E-state index contributed by atoms with van der Waals surface area (Å²) in [6.45, 7) is 1.24. The van der Waals surface area contributed by atoms with Crippen molar-refractivity contribution < 1.29 is 18.3 Å². The third-order valence-corrected chi connectivity index (χ3v) is 6.36. The van der Waals surface area contributed by atoms with Crippen LogP contribution in [0.1, 0.15) is 6.42 Å². The number of fused-ring (bicyclic) bond motifs is 1. The molecular weight excluding hydrogens is 428 g/mol. The van der Waals surface area contributed by atoms with Gasteiger partial charge in [-0.15, -0.1) is 11.8 Å². The van der Waals surface area contributed by atoms with Crippen molar-refractivity contribution in [2.24, 2.45) is 0 Å². The summed E-state index contributed by atoms with van der Waals surface area (Å²) in [7, 11) is 5.52. The van der Waals surface area contributed by atoms with Crippen LogP contribution in [0.3, 0.4) is 0 Å². The van der Waals surface area contributed by atoms with Crippen molar-refractivity contribution in [1.29, 1.82) is 0 Å². The number of hydrogen-bond acceptors (Lipinski definition) is 6. The molecule has 0 N–H and O–H groups in total. The quantitative estimate of drug-likeness (QED) is 0.443. The number of hydrogen-bond donors (Lipinski definition) is 0. The summed E-state index contributed by atoms with van der Waals surface area (Å²) in [5.74, 6) is -0.549. The van der Waals surface area contributed by atoms with Gasteiger partial charge in [-0.05, 0) is 57.4 Å². The van der Waals surface area contributed by atoms with Crippen molar-refractivity contribution in [2.45, 2.75) is 11.3 Å². The topological polar surface area (TPSA) is 45.7 Å². The first-order valence-electron chi connectivity index (χ1n) is 9.35. The molecular formula is C21H23F2N3O2S2. The second-order valence-corrected chi connectivity index (χ2v) is 8.96. The molecule has 0 atom stereocenters. The predicted molar refractivity (Wildman–Crippen MR) is 119 cm³/mol. The molecule has 0 radical (unpaired) electrons. The standard InChI is InChI=1S/C21H23F2N3O2S2/c1-25(2)9-4-10-26(19(27)13-29-16-7-5-15(28-3)6-8-16)21-24-20-17(23)11-14(22)12-18(20)30-21/h5-8,11-12H,4,9-10,13H2,1-3H3. The number of halogens is 2. The first-order chi connectivity index (χ1) is 14.4. The van der Waals surface area contributed by atoms with Crippen LogP contribution < -0.4 is 9.64 Å². The molecule has 0 unspecified atom stereocenters. The fourth-order valence-corrected chi connectivity index (χ4v) is 4.65. The first-order valence-corrected chi connectivity index (χ1v) is 11.1. The molecule has 5 nitrogen and oxygen atoms in total. The van der Waals surface area contributed by atoms with Gasteiger partial charge in [0.2, 0.25) is 5.91 Å².